The molecule has 9 heteroatoms. The van der Waals surface area contributed by atoms with Crippen LogP contribution in [0.25, 0.3) is 11.0 Å². The highest BCUT2D eigenvalue weighted by Crippen LogP contribution is 2.18. The van der Waals surface area contributed by atoms with Crippen LogP contribution in [0.5, 0.6) is 12.0 Å². The number of ether oxygens (including phenoxy) is 2. The number of aromatic nitrogens is 4. The zero-order valence-corrected chi connectivity index (χ0v) is 13.1. The molecule has 1 N–H and O–H groups in total. The van der Waals surface area contributed by atoms with Crippen molar-refractivity contribution < 1.29 is 18.8 Å². The van der Waals surface area contributed by atoms with Gasteiger partial charge in [-0.05, 0) is 12.1 Å². The molecule has 0 aliphatic heterocycles. The summed E-state index contributed by atoms with van der Waals surface area (Å²) >= 11 is 0. The van der Waals surface area contributed by atoms with E-state index in [1.807, 2.05) is 18.2 Å². The van der Waals surface area contributed by atoms with E-state index in [-0.39, 0.29) is 30.9 Å². The number of nitrogens with one attached hydrogen (secondary N) is 1. The number of carbonyl (C=O) groups is 1. The van der Waals surface area contributed by atoms with Crippen molar-refractivity contribution in [3.8, 4) is 12.0 Å². The average Bonchev–Trinajstić information content (AvgIpc) is 3.02. The largest absolute Gasteiger partial charge is 0.467 e. The van der Waals surface area contributed by atoms with Gasteiger partial charge in [-0.1, -0.05) is 17.3 Å². The summed E-state index contributed by atoms with van der Waals surface area (Å²) in [6, 6.07) is 7.61. The summed E-state index contributed by atoms with van der Waals surface area (Å²) < 4.78 is 15.1. The predicted molar refractivity (Wildman–Crippen MR) is 82.5 cm³/mol. The van der Waals surface area contributed by atoms with Gasteiger partial charge in [-0.15, -0.1) is 4.98 Å². The van der Waals surface area contributed by atoms with Gasteiger partial charge >= 0.3 is 12.0 Å². The molecule has 0 aliphatic carbocycles. The van der Waals surface area contributed by atoms with E-state index in [1.165, 1.54) is 14.2 Å². The summed E-state index contributed by atoms with van der Waals surface area (Å²) in [5, 5.41) is 7.46. The van der Waals surface area contributed by atoms with Crippen molar-refractivity contribution in [3.63, 3.8) is 0 Å². The van der Waals surface area contributed by atoms with Gasteiger partial charge in [0.1, 0.15) is 5.69 Å². The second kappa shape index (κ2) is 6.90. The first-order valence-corrected chi connectivity index (χ1v) is 7.12. The van der Waals surface area contributed by atoms with E-state index >= 15 is 0 Å². The fourth-order valence-electron chi connectivity index (χ4n) is 2.10. The lowest BCUT2D eigenvalue weighted by atomic mass is 10.1. The van der Waals surface area contributed by atoms with Gasteiger partial charge in [0.15, 0.2) is 11.4 Å². The van der Waals surface area contributed by atoms with E-state index in [0.29, 0.717) is 17.1 Å². The zero-order valence-electron chi connectivity index (χ0n) is 13.1. The van der Waals surface area contributed by atoms with Gasteiger partial charge in [0.2, 0.25) is 5.91 Å². The van der Waals surface area contributed by atoms with Gasteiger partial charge in [0, 0.05) is 5.39 Å². The van der Waals surface area contributed by atoms with Crippen molar-refractivity contribution >= 4 is 16.9 Å². The highest BCUT2D eigenvalue weighted by molar-refractivity contribution is 5.86. The second-order valence-electron chi connectivity index (χ2n) is 4.80. The predicted octanol–water partition coefficient (Wildman–Crippen LogP) is 0.889. The van der Waals surface area contributed by atoms with Crippen LogP contribution in [0.15, 0.2) is 28.8 Å². The quantitative estimate of drug-likeness (QED) is 0.709. The Bertz CT molecular complexity index is 842. The molecule has 1 amide bonds. The van der Waals surface area contributed by atoms with Gasteiger partial charge in [0.05, 0.1) is 27.2 Å². The number of benzene rings is 1. The van der Waals surface area contributed by atoms with E-state index in [4.69, 9.17) is 14.0 Å². The molecule has 9 nitrogen and oxygen atoms in total. The first-order chi connectivity index (χ1) is 11.7. The van der Waals surface area contributed by atoms with Crippen molar-refractivity contribution in [1.82, 2.24) is 25.4 Å². The third kappa shape index (κ3) is 3.40. The Morgan fingerprint density at radius 3 is 2.54 bits per heavy atom. The van der Waals surface area contributed by atoms with Crippen LogP contribution in [-0.2, 0) is 17.8 Å². The number of para-hydroxylation sites is 1. The number of amides is 1. The monoisotopic (exact) mass is 329 g/mol. The number of methoxy groups -OCH3 is 2. The SMILES string of the molecule is COc1nc(CNC(=O)Cc2noc3ccccc23)nc(OC)n1. The second-order valence-corrected chi connectivity index (χ2v) is 4.80. The molecule has 0 aliphatic rings. The average molecular weight is 329 g/mol. The van der Waals surface area contributed by atoms with Crippen LogP contribution in [0.3, 0.4) is 0 Å². The molecule has 3 rings (SSSR count). The van der Waals surface area contributed by atoms with E-state index in [2.05, 4.69) is 25.4 Å². The topological polar surface area (TPSA) is 112 Å². The highest BCUT2D eigenvalue weighted by atomic mass is 16.5. The lowest BCUT2D eigenvalue weighted by Crippen LogP contribution is -2.26. The summed E-state index contributed by atoms with van der Waals surface area (Å²) in [7, 11) is 2.87. The minimum atomic E-state index is -0.229. The van der Waals surface area contributed by atoms with Gasteiger partial charge in [-0.3, -0.25) is 4.79 Å². The molecule has 0 unspecified atom stereocenters. The summed E-state index contributed by atoms with van der Waals surface area (Å²) in [6.07, 6.45) is 0.0936. The molecule has 0 radical (unpaired) electrons. The fraction of sp³-hybridized carbons (Fsp3) is 0.267. The molecule has 24 heavy (non-hydrogen) atoms. The van der Waals surface area contributed by atoms with Crippen molar-refractivity contribution in [3.05, 3.63) is 35.8 Å². The Kier molecular flexibility index (Phi) is 4.50. The normalized spacial score (nSPS) is 10.6. The zero-order chi connectivity index (χ0) is 16.9. The fourth-order valence-corrected chi connectivity index (χ4v) is 2.10. The first kappa shape index (κ1) is 15.7. The lowest BCUT2D eigenvalue weighted by Gasteiger charge is -2.06. The number of fused-ring (bicyclic) bond motifs is 1. The standard InChI is InChI=1S/C15H15N5O4/c1-22-14-17-12(18-15(19-14)23-2)8-16-13(21)7-10-9-5-3-4-6-11(9)24-20-10/h3-6H,7-8H2,1-2H3,(H,16,21). The Morgan fingerprint density at radius 2 is 1.83 bits per heavy atom. The van der Waals surface area contributed by atoms with Crippen molar-refractivity contribution in [1.29, 1.82) is 0 Å². The Labute approximate surface area is 137 Å². The molecule has 2 aromatic heterocycles. The van der Waals surface area contributed by atoms with Crippen LogP contribution in [0.1, 0.15) is 11.5 Å². The van der Waals surface area contributed by atoms with Crippen molar-refractivity contribution in [2.75, 3.05) is 14.2 Å². The molecular weight excluding hydrogens is 314 g/mol. The molecule has 0 saturated heterocycles. The summed E-state index contributed by atoms with van der Waals surface area (Å²) in [5.41, 5.74) is 1.22. The van der Waals surface area contributed by atoms with Gasteiger partial charge in [-0.25, -0.2) is 0 Å². The van der Waals surface area contributed by atoms with Crippen molar-refractivity contribution in [2.45, 2.75) is 13.0 Å². The molecule has 0 saturated carbocycles. The van der Waals surface area contributed by atoms with Crippen molar-refractivity contribution in [2.24, 2.45) is 0 Å². The van der Waals surface area contributed by atoms with Gasteiger partial charge in [0.25, 0.3) is 0 Å². The van der Waals surface area contributed by atoms with Gasteiger partial charge in [-0.2, -0.15) is 9.97 Å². The first-order valence-electron chi connectivity index (χ1n) is 7.12. The van der Waals surface area contributed by atoms with Crippen LogP contribution in [0.2, 0.25) is 0 Å². The number of hydrogen-bond acceptors (Lipinski definition) is 8. The molecule has 3 aromatic rings. The molecule has 1 aromatic carbocycles. The Balaban J connectivity index is 1.65. The molecule has 0 atom stereocenters. The molecule has 2 heterocycles. The summed E-state index contributed by atoms with van der Waals surface area (Å²) in [5.74, 6) is 0.101. The van der Waals surface area contributed by atoms with Crippen LogP contribution < -0.4 is 14.8 Å². The minimum Gasteiger partial charge on any atom is -0.467 e. The van der Waals surface area contributed by atoms with Crippen LogP contribution in [0.4, 0.5) is 0 Å². The van der Waals surface area contributed by atoms with E-state index in [9.17, 15) is 4.79 Å². The van der Waals surface area contributed by atoms with Crippen LogP contribution in [-0.4, -0.2) is 40.2 Å². The number of carbonyl (C=O) groups excluding carboxylic acids is 1. The maximum Gasteiger partial charge on any atom is 0.322 e. The van der Waals surface area contributed by atoms with Crippen LogP contribution >= 0.6 is 0 Å². The lowest BCUT2D eigenvalue weighted by molar-refractivity contribution is -0.120. The number of hydrogen-bond donors (Lipinski definition) is 1. The van der Waals surface area contributed by atoms with Crippen LogP contribution in [0, 0.1) is 0 Å². The highest BCUT2D eigenvalue weighted by Gasteiger charge is 2.13. The Hall–Kier alpha value is -3.23. The third-order valence-corrected chi connectivity index (χ3v) is 3.23. The molecule has 0 fully saturated rings. The molecule has 0 bridgehead atoms. The van der Waals surface area contributed by atoms with E-state index in [1.54, 1.807) is 6.07 Å². The van der Waals surface area contributed by atoms with Gasteiger partial charge < -0.3 is 19.3 Å². The molecular formula is C15H15N5O4. The number of rotatable bonds is 6. The van der Waals surface area contributed by atoms with E-state index < -0.39 is 0 Å². The smallest absolute Gasteiger partial charge is 0.322 e. The number of nitrogens with zero attached hydrogens (tertiary/aromatic N) is 4. The third-order valence-electron chi connectivity index (χ3n) is 3.23. The minimum absolute atomic E-state index is 0.0936. The maximum absolute atomic E-state index is 12.1. The Morgan fingerprint density at radius 1 is 1.12 bits per heavy atom. The summed E-state index contributed by atoms with van der Waals surface area (Å²) in [6.45, 7) is 0.115. The molecule has 0 spiro atoms. The molecule has 124 valence electrons. The summed E-state index contributed by atoms with van der Waals surface area (Å²) in [4.78, 5) is 24.1. The van der Waals surface area contributed by atoms with E-state index in [0.717, 1.165) is 5.39 Å². The maximum atomic E-state index is 12.1.